The number of carboxylic acid groups (broad SMARTS) is 1. The number of rotatable bonds is 2. The summed E-state index contributed by atoms with van der Waals surface area (Å²) in [5.74, 6) is -0.289. The molecule has 0 aromatic carbocycles. The number of hydrogen-bond acceptors (Lipinski definition) is 4. The van der Waals surface area contributed by atoms with Crippen molar-refractivity contribution in [3.63, 3.8) is 0 Å². The number of thiazole rings is 1. The molecule has 0 saturated carbocycles. The van der Waals surface area contributed by atoms with Crippen molar-refractivity contribution in [1.82, 2.24) is 15.6 Å². The van der Waals surface area contributed by atoms with E-state index in [9.17, 15) is 4.79 Å². The van der Waals surface area contributed by atoms with Crippen LogP contribution in [0.5, 0.6) is 0 Å². The summed E-state index contributed by atoms with van der Waals surface area (Å²) >= 11 is 1.08. The van der Waals surface area contributed by atoms with Crippen LogP contribution in [0, 0.1) is 6.92 Å². The quantitative estimate of drug-likeness (QED) is 0.709. The second-order valence-electron chi connectivity index (χ2n) is 3.38. The zero-order chi connectivity index (χ0) is 11.5. The third-order valence-electron chi connectivity index (χ3n) is 2.13. The van der Waals surface area contributed by atoms with Crippen LogP contribution in [-0.2, 0) is 0 Å². The van der Waals surface area contributed by atoms with Gasteiger partial charge in [0, 0.05) is 13.1 Å². The maximum atomic E-state index is 10.8. The number of aromatic nitrogens is 1. The third kappa shape index (κ3) is 2.30. The van der Waals surface area contributed by atoms with Gasteiger partial charge in [0.1, 0.15) is 4.88 Å². The molecule has 0 aliphatic carbocycles. The van der Waals surface area contributed by atoms with Crippen molar-refractivity contribution in [2.45, 2.75) is 13.3 Å². The molecule has 0 spiro atoms. The Hall–Kier alpha value is -1.63. The van der Waals surface area contributed by atoms with Gasteiger partial charge in [-0.1, -0.05) is 11.3 Å². The predicted molar refractivity (Wildman–Crippen MR) is 61.5 cm³/mol. The molecule has 0 radical (unpaired) electrons. The Labute approximate surface area is 96.4 Å². The normalized spacial score (nSPS) is 15.2. The molecule has 1 saturated heterocycles. The zero-order valence-electron chi connectivity index (χ0n) is 8.78. The van der Waals surface area contributed by atoms with Crippen LogP contribution in [0.3, 0.4) is 0 Å². The first-order valence-corrected chi connectivity index (χ1v) is 5.75. The van der Waals surface area contributed by atoms with Crippen molar-refractivity contribution in [3.05, 3.63) is 10.6 Å². The van der Waals surface area contributed by atoms with Crippen molar-refractivity contribution >= 4 is 28.4 Å². The molecule has 3 N–H and O–H groups in total. The Morgan fingerprint density at radius 3 is 2.75 bits per heavy atom. The minimum Gasteiger partial charge on any atom is -0.477 e. The van der Waals surface area contributed by atoms with Crippen LogP contribution in [0.2, 0.25) is 0 Å². The number of carbonyl (C=O) groups is 1. The smallest absolute Gasteiger partial charge is 0.347 e. The SMILES string of the molecule is Cc1nc(N=C2NCCCN2)sc1C(=O)O. The van der Waals surface area contributed by atoms with Crippen LogP contribution in [0.4, 0.5) is 5.13 Å². The van der Waals surface area contributed by atoms with E-state index in [4.69, 9.17) is 5.11 Å². The van der Waals surface area contributed by atoms with Gasteiger partial charge < -0.3 is 15.7 Å². The highest BCUT2D eigenvalue weighted by atomic mass is 32.1. The lowest BCUT2D eigenvalue weighted by Gasteiger charge is -2.16. The van der Waals surface area contributed by atoms with Crippen LogP contribution in [0.15, 0.2) is 4.99 Å². The van der Waals surface area contributed by atoms with Gasteiger partial charge in [-0.25, -0.2) is 9.78 Å². The Morgan fingerprint density at radius 2 is 2.19 bits per heavy atom. The maximum Gasteiger partial charge on any atom is 0.347 e. The number of aromatic carboxylic acids is 1. The number of aliphatic imine (C=N–C) groups is 1. The first-order chi connectivity index (χ1) is 7.66. The Kier molecular flexibility index (Phi) is 3.04. The van der Waals surface area contributed by atoms with Crippen molar-refractivity contribution in [2.24, 2.45) is 4.99 Å². The minimum absolute atomic E-state index is 0.246. The summed E-state index contributed by atoms with van der Waals surface area (Å²) in [7, 11) is 0. The maximum absolute atomic E-state index is 10.8. The van der Waals surface area contributed by atoms with E-state index in [0.29, 0.717) is 16.8 Å². The Balaban J connectivity index is 2.21. The molecule has 2 rings (SSSR count). The minimum atomic E-state index is -0.953. The fraction of sp³-hybridized carbons (Fsp3) is 0.444. The van der Waals surface area contributed by atoms with E-state index in [1.807, 2.05) is 0 Å². The number of nitrogens with zero attached hydrogens (tertiary/aromatic N) is 2. The summed E-state index contributed by atoms with van der Waals surface area (Å²) in [6.07, 6.45) is 1.05. The first kappa shape index (κ1) is 10.9. The van der Waals surface area contributed by atoms with E-state index in [1.165, 1.54) is 0 Å². The highest BCUT2D eigenvalue weighted by molar-refractivity contribution is 7.17. The van der Waals surface area contributed by atoms with E-state index in [2.05, 4.69) is 20.6 Å². The molecule has 1 aromatic heterocycles. The summed E-state index contributed by atoms with van der Waals surface area (Å²) in [4.78, 5) is 19.4. The Morgan fingerprint density at radius 1 is 1.50 bits per heavy atom. The third-order valence-corrected chi connectivity index (χ3v) is 3.16. The lowest BCUT2D eigenvalue weighted by molar-refractivity contribution is 0.0701. The molecule has 7 heteroatoms. The van der Waals surface area contributed by atoms with E-state index >= 15 is 0 Å². The average Bonchev–Trinajstić information content (AvgIpc) is 2.61. The number of carboxylic acids is 1. The second kappa shape index (κ2) is 4.48. The molecule has 1 aliphatic heterocycles. The summed E-state index contributed by atoms with van der Waals surface area (Å²) in [5, 5.41) is 15.5. The fourth-order valence-corrected chi connectivity index (χ4v) is 2.15. The van der Waals surface area contributed by atoms with Crippen molar-refractivity contribution in [2.75, 3.05) is 13.1 Å². The summed E-state index contributed by atoms with van der Waals surface area (Å²) in [6.45, 7) is 3.43. The molecule has 0 atom stereocenters. The van der Waals surface area contributed by atoms with E-state index < -0.39 is 5.97 Å². The molecule has 16 heavy (non-hydrogen) atoms. The molecule has 0 amide bonds. The van der Waals surface area contributed by atoms with Crippen LogP contribution < -0.4 is 10.6 Å². The molecular weight excluding hydrogens is 228 g/mol. The molecule has 0 bridgehead atoms. The van der Waals surface area contributed by atoms with Gasteiger partial charge in [0.2, 0.25) is 5.13 Å². The molecular formula is C9H12N4O2S. The van der Waals surface area contributed by atoms with Crippen LogP contribution in [-0.4, -0.2) is 35.1 Å². The molecule has 1 aliphatic rings. The molecule has 1 aromatic rings. The summed E-state index contributed by atoms with van der Waals surface area (Å²) < 4.78 is 0. The van der Waals surface area contributed by atoms with Crippen LogP contribution >= 0.6 is 11.3 Å². The molecule has 86 valence electrons. The molecule has 1 fully saturated rings. The highest BCUT2D eigenvalue weighted by Gasteiger charge is 2.14. The number of hydrogen-bond donors (Lipinski definition) is 3. The fourth-order valence-electron chi connectivity index (χ4n) is 1.37. The van der Waals surface area contributed by atoms with E-state index in [1.54, 1.807) is 6.92 Å². The molecule has 6 nitrogen and oxygen atoms in total. The largest absolute Gasteiger partial charge is 0.477 e. The predicted octanol–water partition coefficient (Wildman–Crippen LogP) is 0.720. The standard InChI is InChI=1S/C9H12N4O2S/c1-5-6(7(14)15)16-9(12-5)13-8-10-3-2-4-11-8/h2-4H2,1H3,(H,14,15)(H2,10,11,12,13). The zero-order valence-corrected chi connectivity index (χ0v) is 9.60. The molecule has 2 heterocycles. The first-order valence-electron chi connectivity index (χ1n) is 4.94. The van der Waals surface area contributed by atoms with Gasteiger partial charge >= 0.3 is 5.97 Å². The lowest BCUT2D eigenvalue weighted by Crippen LogP contribution is -2.43. The van der Waals surface area contributed by atoms with E-state index in [-0.39, 0.29) is 4.88 Å². The van der Waals surface area contributed by atoms with Gasteiger partial charge in [-0.05, 0) is 13.3 Å². The summed E-state index contributed by atoms with van der Waals surface area (Å²) in [5.41, 5.74) is 0.507. The average molecular weight is 240 g/mol. The number of aryl methyl sites for hydroxylation is 1. The second-order valence-corrected chi connectivity index (χ2v) is 4.36. The lowest BCUT2D eigenvalue weighted by atomic mass is 10.4. The van der Waals surface area contributed by atoms with Crippen LogP contribution in [0.1, 0.15) is 21.8 Å². The van der Waals surface area contributed by atoms with Gasteiger partial charge in [0.15, 0.2) is 5.96 Å². The van der Waals surface area contributed by atoms with Crippen molar-refractivity contribution < 1.29 is 9.90 Å². The van der Waals surface area contributed by atoms with Gasteiger partial charge in [0.05, 0.1) is 5.69 Å². The monoisotopic (exact) mass is 240 g/mol. The van der Waals surface area contributed by atoms with Crippen molar-refractivity contribution in [1.29, 1.82) is 0 Å². The van der Waals surface area contributed by atoms with Gasteiger partial charge in [-0.15, -0.1) is 0 Å². The molecule has 0 unspecified atom stereocenters. The van der Waals surface area contributed by atoms with Gasteiger partial charge in [-0.3, -0.25) is 0 Å². The number of guanidine groups is 1. The summed E-state index contributed by atoms with van der Waals surface area (Å²) in [6, 6.07) is 0. The topological polar surface area (TPSA) is 86.6 Å². The van der Waals surface area contributed by atoms with Crippen molar-refractivity contribution in [3.8, 4) is 0 Å². The van der Waals surface area contributed by atoms with Gasteiger partial charge in [-0.2, -0.15) is 4.99 Å². The van der Waals surface area contributed by atoms with E-state index in [0.717, 1.165) is 30.8 Å². The number of nitrogens with one attached hydrogen (secondary N) is 2. The Bertz CT molecular complexity index is 433. The van der Waals surface area contributed by atoms with Crippen LogP contribution in [0.25, 0.3) is 0 Å². The highest BCUT2D eigenvalue weighted by Crippen LogP contribution is 2.24. The van der Waals surface area contributed by atoms with Gasteiger partial charge in [0.25, 0.3) is 0 Å².